The average molecular weight is 378 g/mol. The average Bonchev–Trinajstić information content (AvgIpc) is 2.61. The molecule has 2 aromatic carbocycles. The number of halogens is 3. The minimum Gasteiger partial charge on any atom is -0.494 e. The lowest BCUT2D eigenvalue weighted by Crippen LogP contribution is -2.18. The van der Waals surface area contributed by atoms with E-state index in [1.165, 1.54) is 18.2 Å². The van der Waals surface area contributed by atoms with Gasteiger partial charge in [-0.25, -0.2) is 5.43 Å². The number of hydrogen-bond acceptors (Lipinski definition) is 3. The molecule has 2 rings (SSSR count). The van der Waals surface area contributed by atoms with Crippen molar-refractivity contribution in [2.24, 2.45) is 11.0 Å². The standard InChI is InChI=1S/C20H21F3N2O2/c1-14(2)11-12-27-17-9-7-15(8-10-17)19(26)25-24-13-16-5-3-4-6-18(16)20(21,22)23/h3-10,13-14H,11-12H2,1-2H3,(H,25,26)/b24-13-. The topological polar surface area (TPSA) is 50.7 Å². The molecule has 0 aliphatic rings. The first-order valence-corrected chi connectivity index (χ1v) is 8.50. The highest BCUT2D eigenvalue weighted by Crippen LogP contribution is 2.31. The van der Waals surface area contributed by atoms with Gasteiger partial charge in [0, 0.05) is 11.1 Å². The van der Waals surface area contributed by atoms with Crippen LogP contribution in [0.5, 0.6) is 5.75 Å². The number of alkyl halides is 3. The van der Waals surface area contributed by atoms with E-state index in [1.807, 2.05) is 0 Å². The predicted octanol–water partition coefficient (Wildman–Crippen LogP) is 4.89. The van der Waals surface area contributed by atoms with Crippen LogP contribution >= 0.6 is 0 Å². The zero-order valence-corrected chi connectivity index (χ0v) is 15.1. The van der Waals surface area contributed by atoms with Crippen molar-refractivity contribution in [3.63, 3.8) is 0 Å². The second kappa shape index (κ2) is 9.21. The van der Waals surface area contributed by atoms with Crippen molar-refractivity contribution >= 4 is 12.1 Å². The molecule has 0 saturated carbocycles. The molecule has 27 heavy (non-hydrogen) atoms. The fourth-order valence-corrected chi connectivity index (χ4v) is 2.21. The van der Waals surface area contributed by atoms with E-state index in [0.29, 0.717) is 23.8 Å². The molecule has 0 aliphatic heterocycles. The SMILES string of the molecule is CC(C)CCOc1ccc(C(=O)N/N=C\c2ccccc2C(F)(F)F)cc1. The fraction of sp³-hybridized carbons (Fsp3) is 0.300. The van der Waals surface area contributed by atoms with E-state index < -0.39 is 17.6 Å². The summed E-state index contributed by atoms with van der Waals surface area (Å²) in [5, 5.41) is 3.63. The molecule has 7 heteroatoms. The monoisotopic (exact) mass is 378 g/mol. The Balaban J connectivity index is 1.95. The van der Waals surface area contributed by atoms with Gasteiger partial charge in [-0.3, -0.25) is 4.79 Å². The summed E-state index contributed by atoms with van der Waals surface area (Å²) in [6, 6.07) is 11.5. The van der Waals surface area contributed by atoms with Crippen LogP contribution in [-0.2, 0) is 6.18 Å². The Morgan fingerprint density at radius 1 is 1.15 bits per heavy atom. The molecule has 0 aromatic heterocycles. The third kappa shape index (κ3) is 6.44. The van der Waals surface area contributed by atoms with Crippen LogP contribution in [0.2, 0.25) is 0 Å². The molecule has 4 nitrogen and oxygen atoms in total. The van der Waals surface area contributed by atoms with Gasteiger partial charge in [-0.2, -0.15) is 18.3 Å². The number of amides is 1. The molecule has 0 aliphatic carbocycles. The number of nitrogens with zero attached hydrogens (tertiary/aromatic N) is 1. The van der Waals surface area contributed by atoms with Crippen molar-refractivity contribution in [2.45, 2.75) is 26.4 Å². The molecule has 0 bridgehead atoms. The number of carbonyl (C=O) groups excluding carboxylic acids is 1. The van der Waals surface area contributed by atoms with E-state index in [2.05, 4.69) is 24.4 Å². The number of hydrogen-bond donors (Lipinski definition) is 1. The minimum absolute atomic E-state index is 0.126. The van der Waals surface area contributed by atoms with E-state index in [-0.39, 0.29) is 5.56 Å². The zero-order chi connectivity index (χ0) is 19.9. The molecule has 0 heterocycles. The van der Waals surface area contributed by atoms with Crippen LogP contribution in [0.4, 0.5) is 13.2 Å². The lowest BCUT2D eigenvalue weighted by atomic mass is 10.1. The fourth-order valence-electron chi connectivity index (χ4n) is 2.21. The first-order chi connectivity index (χ1) is 12.8. The summed E-state index contributed by atoms with van der Waals surface area (Å²) in [7, 11) is 0. The normalized spacial score (nSPS) is 11.8. The number of ether oxygens (including phenoxy) is 1. The predicted molar refractivity (Wildman–Crippen MR) is 97.9 cm³/mol. The highest BCUT2D eigenvalue weighted by atomic mass is 19.4. The molecule has 2 aromatic rings. The maximum absolute atomic E-state index is 12.9. The quantitative estimate of drug-likeness (QED) is 0.551. The Labute approximate surface area is 156 Å². The third-order valence-electron chi connectivity index (χ3n) is 3.72. The summed E-state index contributed by atoms with van der Waals surface area (Å²) < 4.78 is 44.3. The van der Waals surface area contributed by atoms with Crippen molar-refractivity contribution in [1.82, 2.24) is 5.43 Å². The van der Waals surface area contributed by atoms with Crippen molar-refractivity contribution < 1.29 is 22.7 Å². The van der Waals surface area contributed by atoms with Gasteiger partial charge < -0.3 is 4.74 Å². The van der Waals surface area contributed by atoms with Crippen LogP contribution in [0.25, 0.3) is 0 Å². The van der Waals surface area contributed by atoms with Crippen LogP contribution in [0, 0.1) is 5.92 Å². The van der Waals surface area contributed by atoms with E-state index in [9.17, 15) is 18.0 Å². The highest BCUT2D eigenvalue weighted by Gasteiger charge is 2.32. The number of carbonyl (C=O) groups is 1. The van der Waals surface area contributed by atoms with Gasteiger partial charge in [0.25, 0.3) is 5.91 Å². The Morgan fingerprint density at radius 2 is 1.81 bits per heavy atom. The van der Waals surface area contributed by atoms with E-state index in [0.717, 1.165) is 18.7 Å². The summed E-state index contributed by atoms with van der Waals surface area (Å²) in [5.41, 5.74) is 1.61. The van der Waals surface area contributed by atoms with Crippen molar-refractivity contribution in [3.05, 3.63) is 65.2 Å². The lowest BCUT2D eigenvalue weighted by Gasteiger charge is -2.09. The highest BCUT2D eigenvalue weighted by molar-refractivity contribution is 5.95. The van der Waals surface area contributed by atoms with E-state index in [1.54, 1.807) is 24.3 Å². The second-order valence-electron chi connectivity index (χ2n) is 6.34. The van der Waals surface area contributed by atoms with Gasteiger partial charge in [0.15, 0.2) is 0 Å². The zero-order valence-electron chi connectivity index (χ0n) is 15.1. The first kappa shape index (κ1) is 20.5. The van der Waals surface area contributed by atoms with Gasteiger partial charge >= 0.3 is 6.18 Å². The van der Waals surface area contributed by atoms with Gasteiger partial charge in [0.2, 0.25) is 0 Å². The molecule has 0 unspecified atom stereocenters. The molecule has 0 fully saturated rings. The summed E-state index contributed by atoms with van der Waals surface area (Å²) in [4.78, 5) is 12.0. The molecule has 0 saturated heterocycles. The lowest BCUT2D eigenvalue weighted by molar-refractivity contribution is -0.137. The summed E-state index contributed by atoms with van der Waals surface area (Å²) in [5.74, 6) is 0.662. The summed E-state index contributed by atoms with van der Waals surface area (Å²) >= 11 is 0. The van der Waals surface area contributed by atoms with Crippen LogP contribution in [0.15, 0.2) is 53.6 Å². The van der Waals surface area contributed by atoms with Gasteiger partial charge in [-0.1, -0.05) is 32.0 Å². The molecule has 144 valence electrons. The molecule has 0 radical (unpaired) electrons. The minimum atomic E-state index is -4.49. The Hall–Kier alpha value is -2.83. The van der Waals surface area contributed by atoms with Crippen molar-refractivity contribution in [3.8, 4) is 5.75 Å². The maximum atomic E-state index is 12.9. The van der Waals surface area contributed by atoms with E-state index in [4.69, 9.17) is 4.74 Å². The molecule has 1 N–H and O–H groups in total. The van der Waals surface area contributed by atoms with Crippen molar-refractivity contribution in [2.75, 3.05) is 6.61 Å². The smallest absolute Gasteiger partial charge is 0.417 e. The summed E-state index contributed by atoms with van der Waals surface area (Å²) in [6.45, 7) is 4.79. The maximum Gasteiger partial charge on any atom is 0.417 e. The molecular weight excluding hydrogens is 357 g/mol. The number of hydrazone groups is 1. The third-order valence-corrected chi connectivity index (χ3v) is 3.72. The van der Waals surface area contributed by atoms with Crippen LogP contribution in [0.3, 0.4) is 0 Å². The first-order valence-electron chi connectivity index (χ1n) is 8.50. The number of benzene rings is 2. The molecule has 0 spiro atoms. The summed E-state index contributed by atoms with van der Waals surface area (Å²) in [6.07, 6.45) is -2.58. The molecular formula is C20H21F3N2O2. The van der Waals surface area contributed by atoms with Gasteiger partial charge in [0.05, 0.1) is 18.4 Å². The van der Waals surface area contributed by atoms with Gasteiger partial charge in [-0.15, -0.1) is 0 Å². The van der Waals surface area contributed by atoms with Crippen molar-refractivity contribution in [1.29, 1.82) is 0 Å². The van der Waals surface area contributed by atoms with E-state index >= 15 is 0 Å². The number of nitrogens with one attached hydrogen (secondary N) is 1. The van der Waals surface area contributed by atoms with Gasteiger partial charge in [-0.05, 0) is 42.7 Å². The Bertz CT molecular complexity index is 785. The Kier molecular flexibility index (Phi) is 6.98. The Morgan fingerprint density at radius 3 is 2.44 bits per heavy atom. The van der Waals surface area contributed by atoms with Crippen LogP contribution < -0.4 is 10.2 Å². The van der Waals surface area contributed by atoms with Crippen LogP contribution in [0.1, 0.15) is 41.8 Å². The van der Waals surface area contributed by atoms with Gasteiger partial charge in [0.1, 0.15) is 5.75 Å². The van der Waals surface area contributed by atoms with Crippen LogP contribution in [-0.4, -0.2) is 18.7 Å². The second-order valence-corrected chi connectivity index (χ2v) is 6.34. The number of rotatable bonds is 7. The molecule has 1 amide bonds. The molecule has 0 atom stereocenters. The largest absolute Gasteiger partial charge is 0.494 e.